The summed E-state index contributed by atoms with van der Waals surface area (Å²) in [5, 5.41) is 2.90. The SMILES string of the molecule is COc1ccc(CNC(=O)N(C)CCCOc2ccccc2)cc1OC. The normalized spacial score (nSPS) is 10.1. The number of rotatable bonds is 9. The van der Waals surface area contributed by atoms with Crippen LogP contribution < -0.4 is 19.5 Å². The van der Waals surface area contributed by atoms with E-state index in [2.05, 4.69) is 5.32 Å². The first kappa shape index (κ1) is 19.4. The number of hydrogen-bond donors (Lipinski definition) is 1. The summed E-state index contributed by atoms with van der Waals surface area (Å²) < 4.78 is 16.1. The van der Waals surface area contributed by atoms with Gasteiger partial charge in [0.15, 0.2) is 11.5 Å². The molecule has 0 fully saturated rings. The van der Waals surface area contributed by atoms with Crippen LogP contribution in [0.2, 0.25) is 0 Å². The van der Waals surface area contributed by atoms with Crippen molar-refractivity contribution < 1.29 is 19.0 Å². The van der Waals surface area contributed by atoms with Crippen molar-refractivity contribution in [2.24, 2.45) is 0 Å². The molecular weight excluding hydrogens is 332 g/mol. The quantitative estimate of drug-likeness (QED) is 0.699. The first-order chi connectivity index (χ1) is 12.6. The fourth-order valence-electron chi connectivity index (χ4n) is 2.41. The van der Waals surface area contributed by atoms with E-state index in [1.165, 1.54) is 0 Å². The predicted molar refractivity (Wildman–Crippen MR) is 101 cm³/mol. The highest BCUT2D eigenvalue weighted by molar-refractivity contribution is 5.73. The van der Waals surface area contributed by atoms with Gasteiger partial charge in [-0.2, -0.15) is 0 Å². The van der Waals surface area contributed by atoms with Gasteiger partial charge in [0.05, 0.1) is 20.8 Å². The number of para-hydroxylation sites is 1. The highest BCUT2D eigenvalue weighted by Crippen LogP contribution is 2.27. The molecule has 0 unspecified atom stereocenters. The number of nitrogens with zero attached hydrogens (tertiary/aromatic N) is 1. The Morgan fingerprint density at radius 2 is 1.77 bits per heavy atom. The average molecular weight is 358 g/mol. The molecule has 0 aliphatic rings. The van der Waals surface area contributed by atoms with Crippen LogP contribution in [0.25, 0.3) is 0 Å². The Morgan fingerprint density at radius 1 is 1.04 bits per heavy atom. The first-order valence-electron chi connectivity index (χ1n) is 8.51. The number of carbonyl (C=O) groups excluding carboxylic acids is 1. The summed E-state index contributed by atoms with van der Waals surface area (Å²) in [5.74, 6) is 2.15. The van der Waals surface area contributed by atoms with Gasteiger partial charge in [-0.15, -0.1) is 0 Å². The van der Waals surface area contributed by atoms with Crippen LogP contribution in [0.4, 0.5) is 4.79 Å². The molecule has 6 nitrogen and oxygen atoms in total. The molecule has 0 saturated heterocycles. The van der Waals surface area contributed by atoms with E-state index in [-0.39, 0.29) is 6.03 Å². The van der Waals surface area contributed by atoms with E-state index in [9.17, 15) is 4.79 Å². The lowest BCUT2D eigenvalue weighted by molar-refractivity contribution is 0.203. The van der Waals surface area contributed by atoms with Gasteiger partial charge < -0.3 is 24.4 Å². The highest BCUT2D eigenvalue weighted by atomic mass is 16.5. The minimum atomic E-state index is -0.125. The van der Waals surface area contributed by atoms with E-state index in [1.807, 2.05) is 48.5 Å². The second kappa shape index (κ2) is 10.2. The topological polar surface area (TPSA) is 60.0 Å². The molecule has 0 bridgehead atoms. The van der Waals surface area contributed by atoms with E-state index in [0.717, 1.165) is 17.7 Å². The van der Waals surface area contributed by atoms with Crippen LogP contribution in [0.5, 0.6) is 17.2 Å². The average Bonchev–Trinajstić information content (AvgIpc) is 2.69. The molecule has 0 spiro atoms. The molecule has 2 amide bonds. The Bertz CT molecular complexity index is 691. The van der Waals surface area contributed by atoms with Gasteiger partial charge in [-0.1, -0.05) is 24.3 Å². The van der Waals surface area contributed by atoms with Gasteiger partial charge in [0.25, 0.3) is 0 Å². The third-order valence-electron chi connectivity index (χ3n) is 3.89. The maximum absolute atomic E-state index is 12.2. The van der Waals surface area contributed by atoms with Gasteiger partial charge in [0, 0.05) is 20.1 Å². The van der Waals surface area contributed by atoms with Crippen molar-refractivity contribution in [3.05, 3.63) is 54.1 Å². The molecule has 1 N–H and O–H groups in total. The van der Waals surface area contributed by atoms with E-state index >= 15 is 0 Å². The van der Waals surface area contributed by atoms with Crippen molar-refractivity contribution in [3.63, 3.8) is 0 Å². The van der Waals surface area contributed by atoms with Crippen LogP contribution in [-0.2, 0) is 6.54 Å². The monoisotopic (exact) mass is 358 g/mol. The fourth-order valence-corrected chi connectivity index (χ4v) is 2.41. The molecule has 0 saturated carbocycles. The Kier molecular flexibility index (Phi) is 7.61. The molecule has 140 valence electrons. The summed E-state index contributed by atoms with van der Waals surface area (Å²) in [7, 11) is 4.95. The lowest BCUT2D eigenvalue weighted by Gasteiger charge is -2.18. The first-order valence-corrected chi connectivity index (χ1v) is 8.51. The number of nitrogens with one attached hydrogen (secondary N) is 1. The Labute approximate surface area is 154 Å². The van der Waals surface area contributed by atoms with Crippen molar-refractivity contribution in [1.82, 2.24) is 10.2 Å². The second-order valence-corrected chi connectivity index (χ2v) is 5.78. The van der Waals surface area contributed by atoms with Crippen LogP contribution in [0.1, 0.15) is 12.0 Å². The van der Waals surface area contributed by atoms with Crippen molar-refractivity contribution in [2.45, 2.75) is 13.0 Å². The second-order valence-electron chi connectivity index (χ2n) is 5.78. The zero-order valence-electron chi connectivity index (χ0n) is 15.5. The number of urea groups is 1. The van der Waals surface area contributed by atoms with Crippen LogP contribution in [0.15, 0.2) is 48.5 Å². The highest BCUT2D eigenvalue weighted by Gasteiger charge is 2.09. The van der Waals surface area contributed by atoms with Gasteiger partial charge in [-0.3, -0.25) is 0 Å². The third kappa shape index (κ3) is 5.88. The summed E-state index contributed by atoms with van der Waals surface area (Å²) in [6, 6.07) is 15.1. The minimum Gasteiger partial charge on any atom is -0.494 e. The molecule has 0 atom stereocenters. The van der Waals surface area contributed by atoms with Crippen molar-refractivity contribution in [3.8, 4) is 17.2 Å². The summed E-state index contributed by atoms with van der Waals surface area (Å²) in [4.78, 5) is 13.8. The largest absolute Gasteiger partial charge is 0.494 e. The standard InChI is InChI=1S/C20H26N2O4/c1-22(12-7-13-26-17-8-5-4-6-9-17)20(23)21-15-16-10-11-18(24-2)19(14-16)25-3/h4-6,8-11,14H,7,12-13,15H2,1-3H3,(H,21,23). The maximum Gasteiger partial charge on any atom is 0.317 e. The Hall–Kier alpha value is -2.89. The molecule has 0 aliphatic heterocycles. The number of carbonyl (C=O) groups is 1. The van der Waals surface area contributed by atoms with E-state index in [0.29, 0.717) is 31.2 Å². The molecule has 2 aromatic carbocycles. The van der Waals surface area contributed by atoms with Crippen molar-refractivity contribution >= 4 is 6.03 Å². The van der Waals surface area contributed by atoms with Crippen molar-refractivity contribution in [2.75, 3.05) is 34.4 Å². The molecule has 0 heterocycles. The van der Waals surface area contributed by atoms with Gasteiger partial charge in [-0.05, 0) is 36.2 Å². The van der Waals surface area contributed by atoms with Gasteiger partial charge >= 0.3 is 6.03 Å². The molecule has 6 heteroatoms. The molecule has 2 aromatic rings. The van der Waals surface area contributed by atoms with Crippen LogP contribution >= 0.6 is 0 Å². The summed E-state index contributed by atoms with van der Waals surface area (Å²) in [6.45, 7) is 1.60. The smallest absolute Gasteiger partial charge is 0.317 e. The number of benzene rings is 2. The third-order valence-corrected chi connectivity index (χ3v) is 3.89. The van der Waals surface area contributed by atoms with E-state index in [1.54, 1.807) is 26.2 Å². The molecule has 2 rings (SSSR count). The Balaban J connectivity index is 1.71. The van der Waals surface area contributed by atoms with Gasteiger partial charge in [0.1, 0.15) is 5.75 Å². The van der Waals surface area contributed by atoms with Crippen LogP contribution in [-0.4, -0.2) is 45.3 Å². The molecule has 26 heavy (non-hydrogen) atoms. The Morgan fingerprint density at radius 3 is 2.46 bits per heavy atom. The fraction of sp³-hybridized carbons (Fsp3) is 0.350. The van der Waals surface area contributed by atoms with Gasteiger partial charge in [0.2, 0.25) is 0 Å². The molecule has 0 aromatic heterocycles. The number of methoxy groups -OCH3 is 2. The predicted octanol–water partition coefficient (Wildman–Crippen LogP) is 3.31. The maximum atomic E-state index is 12.2. The van der Waals surface area contributed by atoms with Crippen molar-refractivity contribution in [1.29, 1.82) is 0 Å². The number of ether oxygens (including phenoxy) is 3. The van der Waals surface area contributed by atoms with Crippen LogP contribution in [0, 0.1) is 0 Å². The zero-order valence-corrected chi connectivity index (χ0v) is 15.5. The summed E-state index contributed by atoms with van der Waals surface area (Å²) in [6.07, 6.45) is 0.759. The molecular formula is C20H26N2O4. The zero-order chi connectivity index (χ0) is 18.8. The lowest BCUT2D eigenvalue weighted by atomic mass is 10.2. The van der Waals surface area contributed by atoms with E-state index < -0.39 is 0 Å². The summed E-state index contributed by atoms with van der Waals surface area (Å²) in [5.41, 5.74) is 0.941. The number of hydrogen-bond acceptors (Lipinski definition) is 4. The van der Waals surface area contributed by atoms with E-state index in [4.69, 9.17) is 14.2 Å². The van der Waals surface area contributed by atoms with Gasteiger partial charge in [-0.25, -0.2) is 4.79 Å². The lowest BCUT2D eigenvalue weighted by Crippen LogP contribution is -2.37. The molecule has 0 aliphatic carbocycles. The minimum absolute atomic E-state index is 0.125. The number of amides is 2. The van der Waals surface area contributed by atoms with Crippen LogP contribution in [0.3, 0.4) is 0 Å². The molecule has 0 radical (unpaired) electrons. The summed E-state index contributed by atoms with van der Waals surface area (Å²) >= 11 is 0.